The molecule has 4 saturated heterocycles. The van der Waals surface area contributed by atoms with Crippen LogP contribution in [0.3, 0.4) is 0 Å². The van der Waals surface area contributed by atoms with Crippen LogP contribution < -0.4 is 16.0 Å². The first kappa shape index (κ1) is 95.1. The van der Waals surface area contributed by atoms with Gasteiger partial charge in [0.2, 0.25) is 17.7 Å². The molecule has 0 spiro atoms. The van der Waals surface area contributed by atoms with Crippen molar-refractivity contribution in [2.24, 2.45) is 5.92 Å². The van der Waals surface area contributed by atoms with E-state index in [2.05, 4.69) is 29.8 Å². The summed E-state index contributed by atoms with van der Waals surface area (Å²) in [5, 5.41) is 186. The molecule has 24 atom stereocenters. The van der Waals surface area contributed by atoms with Crippen molar-refractivity contribution in [1.82, 2.24) is 16.0 Å². The molecule has 0 aliphatic carbocycles. The normalized spacial score (nSPS) is 30.7. The van der Waals surface area contributed by atoms with Crippen LogP contribution in [-0.4, -0.2) is 304 Å². The van der Waals surface area contributed by atoms with Crippen LogP contribution in [0.5, 0.6) is 0 Å². The molecule has 622 valence electrons. The van der Waals surface area contributed by atoms with E-state index in [4.69, 9.17) is 42.6 Å². The standard InChI is InChI=1S/C73H129N3O31/c1-5-7-9-11-13-15-17-19-20-22-24-26-28-30-32-34-54(87)75-47(48(83)33-31-29-27-25-23-21-18-16-14-12-10-8-6-2)42-100-68-62(93)61(92)64(53(39-79)103-68)104-69-63(94)67(60(91)52(38-78)102-69)107-73(71(97)98)36-50(85)56(74-44(3)81)65(106-73)58(89)46(37-77)41-101-72(70(95)96)35-49(84)57(76-55(88)40-80)66(105-72)59(90)51(86)43-99-45(4)82/h31,33,46-53,56-69,77-80,83-86,89-94H,5-30,32,34-43H2,1-4H3,(H,74,81)(H,75,87)(H,76,88)(H,95,96)(H,97,98)/b33-31+/t46?,47?,48?,49-,50-,51?,52+,53+,56+,57+,58?,59?,60-,61+,62+,63+,64+,65+,66+,67-,68+,69-,72+,73-/m0/s1. The Morgan fingerprint density at radius 1 is 0.533 bits per heavy atom. The van der Waals surface area contributed by atoms with Gasteiger partial charge in [-0.05, 0) is 19.3 Å². The molecule has 34 heteroatoms. The van der Waals surface area contributed by atoms with Gasteiger partial charge in [-0.15, -0.1) is 0 Å². The Balaban J connectivity index is 1.50. The highest BCUT2D eigenvalue weighted by Crippen LogP contribution is 2.41. The van der Waals surface area contributed by atoms with Crippen molar-refractivity contribution in [2.45, 2.75) is 360 Å². The number of carbonyl (C=O) groups is 6. The van der Waals surface area contributed by atoms with Gasteiger partial charge in [0.05, 0.1) is 75.6 Å². The van der Waals surface area contributed by atoms with Gasteiger partial charge in [0.25, 0.3) is 11.6 Å². The van der Waals surface area contributed by atoms with Gasteiger partial charge in [0, 0.05) is 39.0 Å². The average molecular weight is 1540 g/mol. The number of amides is 3. The van der Waals surface area contributed by atoms with E-state index in [1.54, 1.807) is 6.08 Å². The van der Waals surface area contributed by atoms with E-state index < -0.39 is 235 Å². The second-order valence-electron chi connectivity index (χ2n) is 29.0. The summed E-state index contributed by atoms with van der Waals surface area (Å²) in [5.74, 6) is -16.0. The Morgan fingerprint density at radius 2 is 1.02 bits per heavy atom. The summed E-state index contributed by atoms with van der Waals surface area (Å²) in [6, 6.07) is -4.77. The molecule has 3 amide bonds. The summed E-state index contributed by atoms with van der Waals surface area (Å²) < 4.78 is 51.3. The zero-order valence-electron chi connectivity index (χ0n) is 62.8. The first-order chi connectivity index (χ1) is 51.1. The molecule has 0 aromatic rings. The maximum Gasteiger partial charge on any atom is 0.364 e. The fourth-order valence-corrected chi connectivity index (χ4v) is 13.9. The number of carbonyl (C=O) groups excluding carboxylic acids is 4. The number of aliphatic hydroxyl groups excluding tert-OH is 14. The van der Waals surface area contributed by atoms with E-state index in [1.807, 2.05) is 6.08 Å². The molecule has 0 saturated carbocycles. The molecule has 0 aromatic heterocycles. The number of carboxylic acid groups (broad SMARTS) is 2. The predicted octanol–water partition coefficient (Wildman–Crippen LogP) is 0.130. The summed E-state index contributed by atoms with van der Waals surface area (Å²) in [7, 11) is 0. The molecule has 4 rings (SSSR count). The molecule has 4 heterocycles. The maximum absolute atomic E-state index is 13.6. The van der Waals surface area contributed by atoms with Gasteiger partial charge < -0.3 is 140 Å². The van der Waals surface area contributed by atoms with Crippen LogP contribution in [0, 0.1) is 5.92 Å². The molecular weight excluding hydrogens is 1410 g/mol. The van der Waals surface area contributed by atoms with Crippen LogP contribution >= 0.6 is 0 Å². The first-order valence-corrected chi connectivity index (χ1v) is 38.7. The Labute approximate surface area is 627 Å². The van der Waals surface area contributed by atoms with Crippen LogP contribution in [-0.2, 0) is 71.4 Å². The highest BCUT2D eigenvalue weighted by atomic mass is 16.8. The minimum Gasteiger partial charge on any atom is -0.477 e. The third-order valence-electron chi connectivity index (χ3n) is 20.2. The van der Waals surface area contributed by atoms with Crippen molar-refractivity contribution in [3.05, 3.63) is 12.2 Å². The lowest BCUT2D eigenvalue weighted by molar-refractivity contribution is -0.386. The van der Waals surface area contributed by atoms with Crippen LogP contribution in [0.2, 0.25) is 0 Å². The number of aliphatic hydroxyl groups is 14. The second-order valence-corrected chi connectivity index (χ2v) is 29.0. The number of aliphatic carboxylic acids is 2. The number of carboxylic acids is 2. The number of ether oxygens (including phenoxy) is 9. The number of unbranched alkanes of at least 4 members (excludes halogenated alkanes) is 25. The van der Waals surface area contributed by atoms with Crippen LogP contribution in [0.4, 0.5) is 0 Å². The molecule has 0 radical (unpaired) electrons. The molecule has 4 aliphatic rings. The minimum absolute atomic E-state index is 0.152. The molecule has 6 unspecified atom stereocenters. The number of esters is 1. The van der Waals surface area contributed by atoms with Gasteiger partial charge in [-0.3, -0.25) is 19.2 Å². The third kappa shape index (κ3) is 30.9. The van der Waals surface area contributed by atoms with E-state index >= 15 is 0 Å². The van der Waals surface area contributed by atoms with Gasteiger partial charge in [-0.1, -0.05) is 180 Å². The molecule has 4 aliphatic heterocycles. The maximum atomic E-state index is 13.6. The zero-order chi connectivity index (χ0) is 79.2. The zero-order valence-corrected chi connectivity index (χ0v) is 62.8. The summed E-state index contributed by atoms with van der Waals surface area (Å²) >= 11 is 0. The van der Waals surface area contributed by atoms with Crippen LogP contribution in [0.15, 0.2) is 12.2 Å². The number of allylic oxidation sites excluding steroid dienone is 1. The monoisotopic (exact) mass is 1540 g/mol. The summed E-state index contributed by atoms with van der Waals surface area (Å²) in [5.41, 5.74) is 0. The van der Waals surface area contributed by atoms with Gasteiger partial charge >= 0.3 is 17.9 Å². The lowest BCUT2D eigenvalue weighted by Gasteiger charge is -2.51. The van der Waals surface area contributed by atoms with Crippen molar-refractivity contribution in [1.29, 1.82) is 0 Å². The Morgan fingerprint density at radius 3 is 1.51 bits per heavy atom. The lowest BCUT2D eigenvalue weighted by Crippen LogP contribution is -2.71. The third-order valence-corrected chi connectivity index (χ3v) is 20.2. The van der Waals surface area contributed by atoms with Gasteiger partial charge in [0.15, 0.2) is 12.6 Å². The highest BCUT2D eigenvalue weighted by molar-refractivity contribution is 5.79. The molecular formula is C73H129N3O31. The van der Waals surface area contributed by atoms with E-state index in [0.29, 0.717) is 12.8 Å². The quantitative estimate of drug-likeness (QED) is 0.0219. The molecule has 4 fully saturated rings. The minimum atomic E-state index is -3.35. The van der Waals surface area contributed by atoms with E-state index in [1.165, 1.54) is 109 Å². The van der Waals surface area contributed by atoms with E-state index in [9.17, 15) is 110 Å². The average Bonchev–Trinajstić information content (AvgIpc) is 0.739. The Kier molecular flexibility index (Phi) is 45.0. The largest absolute Gasteiger partial charge is 0.477 e. The lowest BCUT2D eigenvalue weighted by atomic mass is 9.85. The van der Waals surface area contributed by atoms with Crippen molar-refractivity contribution in [3.63, 3.8) is 0 Å². The summed E-state index contributed by atoms with van der Waals surface area (Å²) in [6.07, 6.45) is -5.71. The molecule has 0 bridgehead atoms. The van der Waals surface area contributed by atoms with Gasteiger partial charge in [-0.25, -0.2) is 9.59 Å². The van der Waals surface area contributed by atoms with Crippen molar-refractivity contribution in [2.75, 3.05) is 46.2 Å². The molecule has 19 N–H and O–H groups in total. The summed E-state index contributed by atoms with van der Waals surface area (Å²) in [6.45, 7) is -0.860. The van der Waals surface area contributed by atoms with Crippen molar-refractivity contribution < 1.29 is 153 Å². The van der Waals surface area contributed by atoms with Crippen LogP contribution in [0.1, 0.15) is 220 Å². The van der Waals surface area contributed by atoms with Crippen molar-refractivity contribution >= 4 is 35.6 Å². The predicted molar refractivity (Wildman–Crippen MR) is 378 cm³/mol. The first-order valence-electron chi connectivity index (χ1n) is 38.7. The van der Waals surface area contributed by atoms with E-state index in [-0.39, 0.29) is 12.3 Å². The highest BCUT2D eigenvalue weighted by Gasteiger charge is 2.62. The fraction of sp³-hybridized carbons (Fsp3) is 0.890. The SMILES string of the molecule is CCCCCCCCCCCCC/C=C/C(O)C(CO[C@@H]1O[C@H](CO)[C@@H](O[C@@H]2O[C@H](CO)[C@H](O)[C@H](O[C@]3(C(=O)O)C[C@H](O)[C@@H](NC(C)=O)[C@H](C(O)C(CO)CO[C@]4(C(=O)O)C[C@H](O)[C@@H](NC(=O)CO)[C@H](C(O)C(O)COC(C)=O)O4)O3)[C@H]2O)[C@H](O)[C@H]1O)NC(=O)CCCCCCCCCCCCCCCCC. The topological polar surface area (TPSA) is 545 Å². The fourth-order valence-electron chi connectivity index (χ4n) is 13.9. The number of rotatable bonds is 55. The number of hydrogen-bond acceptors (Lipinski definition) is 29. The molecule has 0 aromatic carbocycles. The smallest absolute Gasteiger partial charge is 0.364 e. The van der Waals surface area contributed by atoms with Crippen LogP contribution in [0.25, 0.3) is 0 Å². The van der Waals surface area contributed by atoms with E-state index in [0.717, 1.165) is 65.2 Å². The number of hydrogen-bond donors (Lipinski definition) is 19. The Bertz CT molecular complexity index is 2560. The Hall–Kier alpha value is -4.32. The summed E-state index contributed by atoms with van der Waals surface area (Å²) in [4.78, 5) is 76.7. The second kappa shape index (κ2) is 50.6. The van der Waals surface area contributed by atoms with Gasteiger partial charge in [-0.2, -0.15) is 0 Å². The molecule has 107 heavy (non-hydrogen) atoms. The van der Waals surface area contributed by atoms with Gasteiger partial charge in [0.1, 0.15) is 86.5 Å². The molecule has 34 nitrogen and oxygen atoms in total. The van der Waals surface area contributed by atoms with Crippen molar-refractivity contribution in [3.8, 4) is 0 Å². The number of nitrogens with one attached hydrogen (secondary N) is 3.